The van der Waals surface area contributed by atoms with Gasteiger partial charge in [-0.3, -0.25) is 9.52 Å². The average molecular weight is 395 g/mol. The van der Waals surface area contributed by atoms with E-state index in [1.807, 2.05) is 0 Å². The minimum Gasteiger partial charge on any atom is -0.315 e. The Bertz CT molecular complexity index is 881. The van der Waals surface area contributed by atoms with Crippen molar-refractivity contribution in [2.45, 2.75) is 17.7 Å². The molecule has 0 aromatic heterocycles. The Morgan fingerprint density at radius 3 is 2.61 bits per heavy atom. The lowest BCUT2D eigenvalue weighted by molar-refractivity contribution is -0.118. The SMILES string of the molecule is CN1C(=O)CCc2cc(NS(=O)(=O)c3ccccc3Br)ccc21. The molecule has 0 unspecified atom stereocenters. The highest BCUT2D eigenvalue weighted by Gasteiger charge is 2.22. The Morgan fingerprint density at radius 1 is 1.13 bits per heavy atom. The molecule has 120 valence electrons. The number of sulfonamides is 1. The zero-order valence-corrected chi connectivity index (χ0v) is 14.8. The van der Waals surface area contributed by atoms with Crippen LogP contribution in [0.2, 0.25) is 0 Å². The van der Waals surface area contributed by atoms with Gasteiger partial charge in [-0.25, -0.2) is 8.42 Å². The van der Waals surface area contributed by atoms with Crippen molar-refractivity contribution in [1.29, 1.82) is 0 Å². The van der Waals surface area contributed by atoms with Crippen molar-refractivity contribution in [3.05, 3.63) is 52.5 Å². The Hall–Kier alpha value is -1.86. The van der Waals surface area contributed by atoms with Gasteiger partial charge in [-0.15, -0.1) is 0 Å². The summed E-state index contributed by atoms with van der Waals surface area (Å²) in [5.41, 5.74) is 2.27. The predicted octanol–water partition coefficient (Wildman–Crippen LogP) is 3.16. The number of nitrogens with one attached hydrogen (secondary N) is 1. The lowest BCUT2D eigenvalue weighted by Crippen LogP contribution is -2.31. The van der Waals surface area contributed by atoms with Crippen LogP contribution in [0.4, 0.5) is 11.4 Å². The third-order valence-electron chi connectivity index (χ3n) is 3.80. The van der Waals surface area contributed by atoms with Crippen molar-refractivity contribution in [3.63, 3.8) is 0 Å². The fourth-order valence-corrected chi connectivity index (χ4v) is 4.65. The van der Waals surface area contributed by atoms with Gasteiger partial charge < -0.3 is 4.90 Å². The van der Waals surface area contributed by atoms with Crippen LogP contribution in [0.1, 0.15) is 12.0 Å². The van der Waals surface area contributed by atoms with Crippen LogP contribution < -0.4 is 9.62 Å². The monoisotopic (exact) mass is 394 g/mol. The maximum Gasteiger partial charge on any atom is 0.263 e. The number of anilines is 2. The maximum atomic E-state index is 12.5. The Kier molecular flexibility index (Phi) is 4.16. The molecular formula is C16H15BrN2O3S. The summed E-state index contributed by atoms with van der Waals surface area (Å²) in [5, 5.41) is 0. The second-order valence-electron chi connectivity index (χ2n) is 5.33. The van der Waals surface area contributed by atoms with Crippen molar-refractivity contribution in [2.75, 3.05) is 16.7 Å². The highest BCUT2D eigenvalue weighted by atomic mass is 79.9. The first kappa shape index (κ1) is 16.0. The van der Waals surface area contributed by atoms with E-state index in [-0.39, 0.29) is 10.8 Å². The topological polar surface area (TPSA) is 66.5 Å². The number of carbonyl (C=O) groups excluding carboxylic acids is 1. The molecule has 2 aromatic carbocycles. The van der Waals surface area contributed by atoms with E-state index in [0.717, 1.165) is 11.3 Å². The smallest absolute Gasteiger partial charge is 0.263 e. The fraction of sp³-hybridized carbons (Fsp3) is 0.188. The summed E-state index contributed by atoms with van der Waals surface area (Å²) < 4.78 is 28.1. The number of amides is 1. The quantitative estimate of drug-likeness (QED) is 0.868. The molecule has 1 aliphatic heterocycles. The molecule has 5 nitrogen and oxygen atoms in total. The van der Waals surface area contributed by atoms with Gasteiger partial charge in [0.2, 0.25) is 5.91 Å². The van der Waals surface area contributed by atoms with Gasteiger partial charge in [0.05, 0.1) is 0 Å². The van der Waals surface area contributed by atoms with E-state index in [1.54, 1.807) is 48.3 Å². The summed E-state index contributed by atoms with van der Waals surface area (Å²) in [6.07, 6.45) is 1.05. The second kappa shape index (κ2) is 5.98. The highest BCUT2D eigenvalue weighted by molar-refractivity contribution is 9.10. The molecule has 0 bridgehead atoms. The summed E-state index contributed by atoms with van der Waals surface area (Å²) >= 11 is 3.26. The van der Waals surface area contributed by atoms with E-state index in [4.69, 9.17) is 0 Å². The minimum atomic E-state index is -3.67. The van der Waals surface area contributed by atoms with Gasteiger partial charge >= 0.3 is 0 Å². The average Bonchev–Trinajstić information content (AvgIpc) is 2.51. The number of hydrogen-bond acceptors (Lipinski definition) is 3. The molecule has 1 amide bonds. The van der Waals surface area contributed by atoms with E-state index in [9.17, 15) is 13.2 Å². The van der Waals surface area contributed by atoms with Crippen LogP contribution in [-0.2, 0) is 21.2 Å². The molecule has 3 rings (SSSR count). The number of rotatable bonds is 3. The van der Waals surface area contributed by atoms with Crippen molar-refractivity contribution in [3.8, 4) is 0 Å². The number of carbonyl (C=O) groups is 1. The molecule has 0 saturated carbocycles. The van der Waals surface area contributed by atoms with Crippen LogP contribution in [-0.4, -0.2) is 21.4 Å². The second-order valence-corrected chi connectivity index (χ2v) is 7.84. The van der Waals surface area contributed by atoms with Crippen molar-refractivity contribution >= 4 is 43.2 Å². The number of fused-ring (bicyclic) bond motifs is 1. The van der Waals surface area contributed by atoms with E-state index in [0.29, 0.717) is 23.0 Å². The summed E-state index contributed by atoms with van der Waals surface area (Å²) in [5.74, 6) is 0.0686. The first-order valence-corrected chi connectivity index (χ1v) is 9.33. The highest BCUT2D eigenvalue weighted by Crippen LogP contribution is 2.30. The van der Waals surface area contributed by atoms with Gasteiger partial charge in [-0.2, -0.15) is 0 Å². The summed E-state index contributed by atoms with van der Waals surface area (Å²) in [7, 11) is -1.94. The van der Waals surface area contributed by atoms with E-state index in [1.165, 1.54) is 6.07 Å². The van der Waals surface area contributed by atoms with E-state index in [2.05, 4.69) is 20.7 Å². The van der Waals surface area contributed by atoms with Gasteiger partial charge in [0.1, 0.15) is 4.90 Å². The van der Waals surface area contributed by atoms with Gasteiger partial charge in [0.25, 0.3) is 10.0 Å². The largest absolute Gasteiger partial charge is 0.315 e. The van der Waals surface area contributed by atoms with Crippen LogP contribution in [0.5, 0.6) is 0 Å². The number of hydrogen-bond donors (Lipinski definition) is 1. The molecule has 2 aromatic rings. The van der Waals surface area contributed by atoms with Crippen molar-refractivity contribution < 1.29 is 13.2 Å². The first-order valence-electron chi connectivity index (χ1n) is 7.05. The standard InChI is InChI=1S/C16H15BrN2O3S/c1-19-14-8-7-12(10-11(14)6-9-16(19)20)18-23(21,22)15-5-3-2-4-13(15)17/h2-5,7-8,10,18H,6,9H2,1H3. The zero-order chi connectivity index (χ0) is 16.6. The molecule has 7 heteroatoms. The summed E-state index contributed by atoms with van der Waals surface area (Å²) in [6.45, 7) is 0. The lowest BCUT2D eigenvalue weighted by Gasteiger charge is -2.26. The maximum absolute atomic E-state index is 12.5. The van der Waals surface area contributed by atoms with Gasteiger partial charge in [0, 0.05) is 29.3 Å². The molecule has 23 heavy (non-hydrogen) atoms. The Morgan fingerprint density at radius 2 is 1.87 bits per heavy atom. The molecule has 0 radical (unpaired) electrons. The van der Waals surface area contributed by atoms with E-state index >= 15 is 0 Å². The number of nitrogens with zero attached hydrogens (tertiary/aromatic N) is 1. The number of benzene rings is 2. The van der Waals surface area contributed by atoms with Crippen LogP contribution in [0.25, 0.3) is 0 Å². The molecular weight excluding hydrogens is 380 g/mol. The third-order valence-corrected chi connectivity index (χ3v) is 6.19. The number of aryl methyl sites for hydroxylation is 1. The van der Waals surface area contributed by atoms with Crippen LogP contribution in [0.15, 0.2) is 51.8 Å². The fourth-order valence-electron chi connectivity index (χ4n) is 2.59. The molecule has 1 N–H and O–H groups in total. The van der Waals surface area contributed by atoms with Crippen LogP contribution in [0, 0.1) is 0 Å². The van der Waals surface area contributed by atoms with Crippen LogP contribution in [0.3, 0.4) is 0 Å². The lowest BCUT2D eigenvalue weighted by atomic mass is 10.0. The minimum absolute atomic E-state index is 0.0686. The van der Waals surface area contributed by atoms with Gasteiger partial charge in [-0.05, 0) is 58.2 Å². The van der Waals surface area contributed by atoms with Crippen LogP contribution >= 0.6 is 15.9 Å². The van der Waals surface area contributed by atoms with Crippen molar-refractivity contribution in [1.82, 2.24) is 0 Å². The molecule has 0 fully saturated rings. The predicted molar refractivity (Wildman–Crippen MR) is 93.1 cm³/mol. The molecule has 0 atom stereocenters. The zero-order valence-electron chi connectivity index (χ0n) is 12.4. The van der Waals surface area contributed by atoms with Crippen molar-refractivity contribution in [2.24, 2.45) is 0 Å². The first-order chi connectivity index (χ1) is 10.9. The summed E-state index contributed by atoms with van der Waals surface area (Å²) in [6, 6.07) is 11.9. The molecule has 0 spiro atoms. The molecule has 1 aliphatic rings. The number of halogens is 1. The molecule has 0 saturated heterocycles. The Balaban J connectivity index is 1.92. The molecule has 1 heterocycles. The van der Waals surface area contributed by atoms with E-state index < -0.39 is 10.0 Å². The van der Waals surface area contributed by atoms with Gasteiger partial charge in [-0.1, -0.05) is 12.1 Å². The molecule has 0 aliphatic carbocycles. The third kappa shape index (κ3) is 3.11. The normalized spacial score (nSPS) is 14.5. The Labute approximate surface area is 143 Å². The summed E-state index contributed by atoms with van der Waals surface area (Å²) in [4.78, 5) is 13.5. The van der Waals surface area contributed by atoms with Gasteiger partial charge in [0.15, 0.2) is 0 Å².